The fourth-order valence-electron chi connectivity index (χ4n) is 2.17. The van der Waals surface area contributed by atoms with E-state index in [2.05, 4.69) is 23.5 Å². The van der Waals surface area contributed by atoms with E-state index in [4.69, 9.17) is 9.47 Å². The van der Waals surface area contributed by atoms with Gasteiger partial charge in [0.2, 0.25) is 5.88 Å². The molecule has 4 nitrogen and oxygen atoms in total. The first-order valence-corrected chi connectivity index (χ1v) is 7.80. The van der Waals surface area contributed by atoms with E-state index in [0.29, 0.717) is 5.88 Å². The fourth-order valence-corrected chi connectivity index (χ4v) is 2.17. The molecule has 0 bridgehead atoms. The number of aliphatic imine (C=N–C) groups is 1. The molecular weight excluding hydrogens is 300 g/mol. The molecule has 1 aromatic heterocycles. The smallest absolute Gasteiger partial charge is 0.227 e. The minimum atomic E-state index is 0.503. The molecule has 0 aliphatic carbocycles. The molecule has 0 saturated carbocycles. The van der Waals surface area contributed by atoms with Crippen LogP contribution in [0.3, 0.4) is 0 Å². The Balaban J connectivity index is 2.41. The summed E-state index contributed by atoms with van der Waals surface area (Å²) in [5.74, 6) is 1.96. The van der Waals surface area contributed by atoms with Crippen LogP contribution in [0.2, 0.25) is 0 Å². The van der Waals surface area contributed by atoms with Crippen LogP contribution in [0.1, 0.15) is 25.0 Å². The summed E-state index contributed by atoms with van der Waals surface area (Å²) in [6.45, 7) is 7.60. The van der Waals surface area contributed by atoms with Gasteiger partial charge in [-0.15, -0.1) is 0 Å². The number of aryl methyl sites for hydroxylation is 1. The average molecular weight is 322 g/mol. The van der Waals surface area contributed by atoms with E-state index in [1.165, 1.54) is 11.8 Å². The molecule has 0 spiro atoms. The van der Waals surface area contributed by atoms with Gasteiger partial charge in [0.05, 0.1) is 7.11 Å². The number of rotatable bonds is 7. The van der Waals surface area contributed by atoms with Gasteiger partial charge in [-0.05, 0) is 43.2 Å². The minimum absolute atomic E-state index is 0.503. The number of pyridine rings is 1. The van der Waals surface area contributed by atoms with Gasteiger partial charge in [-0.1, -0.05) is 25.6 Å². The van der Waals surface area contributed by atoms with E-state index in [1.54, 1.807) is 19.5 Å². The van der Waals surface area contributed by atoms with Crippen molar-refractivity contribution < 1.29 is 9.47 Å². The van der Waals surface area contributed by atoms with Crippen LogP contribution in [0.4, 0.5) is 0 Å². The van der Waals surface area contributed by atoms with Gasteiger partial charge in [0, 0.05) is 29.7 Å². The van der Waals surface area contributed by atoms with Crippen molar-refractivity contribution in [1.29, 1.82) is 0 Å². The van der Waals surface area contributed by atoms with Gasteiger partial charge in [0.15, 0.2) is 0 Å². The maximum absolute atomic E-state index is 5.98. The third-order valence-corrected chi connectivity index (χ3v) is 3.60. The lowest BCUT2D eigenvalue weighted by atomic mass is 10.1. The first-order valence-electron chi connectivity index (χ1n) is 7.80. The molecule has 2 aromatic rings. The van der Waals surface area contributed by atoms with E-state index < -0.39 is 0 Å². The van der Waals surface area contributed by atoms with E-state index in [0.717, 1.165) is 29.1 Å². The summed E-state index contributed by atoms with van der Waals surface area (Å²) in [6.07, 6.45) is 5.86. The van der Waals surface area contributed by atoms with Crippen LogP contribution in [-0.4, -0.2) is 18.3 Å². The lowest BCUT2D eigenvalue weighted by molar-refractivity contribution is 0.296. The lowest BCUT2D eigenvalue weighted by Gasteiger charge is -2.12. The maximum Gasteiger partial charge on any atom is 0.227 e. The quantitative estimate of drug-likeness (QED) is 0.530. The number of methoxy groups -OCH3 is 1. The molecule has 0 aliphatic heterocycles. The molecule has 0 unspecified atom stereocenters. The first-order chi connectivity index (χ1) is 11.7. The van der Waals surface area contributed by atoms with Crippen molar-refractivity contribution in [2.24, 2.45) is 4.99 Å². The van der Waals surface area contributed by atoms with Crippen LogP contribution in [-0.2, 0) is 11.2 Å². The Bertz CT molecular complexity index is 746. The van der Waals surface area contributed by atoms with Crippen molar-refractivity contribution in [3.63, 3.8) is 0 Å². The molecule has 0 aliphatic rings. The number of allylic oxidation sites excluding steroid dienone is 2. The molecule has 0 atom stereocenters. The van der Waals surface area contributed by atoms with Gasteiger partial charge in [-0.2, -0.15) is 0 Å². The molecule has 2 rings (SSSR count). The highest BCUT2D eigenvalue weighted by atomic mass is 16.5. The molecule has 24 heavy (non-hydrogen) atoms. The van der Waals surface area contributed by atoms with Crippen molar-refractivity contribution in [3.05, 3.63) is 72.3 Å². The van der Waals surface area contributed by atoms with Crippen LogP contribution in [0.5, 0.6) is 11.6 Å². The number of ether oxygens (including phenoxy) is 2. The Hall–Kier alpha value is -2.88. The highest BCUT2D eigenvalue weighted by Crippen LogP contribution is 2.29. The molecule has 124 valence electrons. The Kier molecular flexibility index (Phi) is 6.32. The van der Waals surface area contributed by atoms with E-state index in [9.17, 15) is 0 Å². The second kappa shape index (κ2) is 8.67. The molecule has 0 fully saturated rings. The SMILES string of the molecule is C=CN=C/C(=C(\C)OC)c1cccnc1Oc1ccc(CC)cc1. The molecule has 0 N–H and O–H groups in total. The van der Waals surface area contributed by atoms with E-state index in [1.807, 2.05) is 43.3 Å². The largest absolute Gasteiger partial charge is 0.501 e. The van der Waals surface area contributed by atoms with E-state index in [-0.39, 0.29) is 0 Å². The molecule has 0 radical (unpaired) electrons. The first kappa shape index (κ1) is 17.5. The summed E-state index contributed by atoms with van der Waals surface area (Å²) in [5.41, 5.74) is 2.87. The number of hydrogen-bond acceptors (Lipinski definition) is 4. The topological polar surface area (TPSA) is 43.7 Å². The monoisotopic (exact) mass is 322 g/mol. The van der Waals surface area contributed by atoms with Gasteiger partial charge in [-0.25, -0.2) is 4.98 Å². The lowest BCUT2D eigenvalue weighted by Crippen LogP contribution is -1.98. The van der Waals surface area contributed by atoms with Crippen molar-refractivity contribution in [2.45, 2.75) is 20.3 Å². The van der Waals surface area contributed by atoms with Crippen LogP contribution < -0.4 is 4.74 Å². The number of hydrogen-bond donors (Lipinski definition) is 0. The Morgan fingerprint density at radius 3 is 2.62 bits per heavy atom. The molecular formula is C20H22N2O2. The zero-order valence-corrected chi connectivity index (χ0v) is 14.3. The summed E-state index contributed by atoms with van der Waals surface area (Å²) in [4.78, 5) is 8.47. The predicted octanol–water partition coefficient (Wildman–Crippen LogP) is 5.03. The molecule has 1 heterocycles. The van der Waals surface area contributed by atoms with Crippen molar-refractivity contribution in [1.82, 2.24) is 4.98 Å². The summed E-state index contributed by atoms with van der Waals surface area (Å²) in [7, 11) is 1.62. The van der Waals surface area contributed by atoms with Crippen LogP contribution in [0.25, 0.3) is 5.57 Å². The number of benzene rings is 1. The predicted molar refractivity (Wildman–Crippen MR) is 98.4 cm³/mol. The van der Waals surface area contributed by atoms with Crippen molar-refractivity contribution >= 4 is 11.8 Å². The van der Waals surface area contributed by atoms with Gasteiger partial charge >= 0.3 is 0 Å². The van der Waals surface area contributed by atoms with Gasteiger partial charge in [0.25, 0.3) is 0 Å². The number of nitrogens with zero attached hydrogens (tertiary/aromatic N) is 2. The third kappa shape index (κ3) is 4.32. The molecule has 0 saturated heterocycles. The summed E-state index contributed by atoms with van der Waals surface area (Å²) < 4.78 is 11.3. The Morgan fingerprint density at radius 1 is 1.25 bits per heavy atom. The highest BCUT2D eigenvalue weighted by molar-refractivity contribution is 6.11. The standard InChI is InChI=1S/C20H22N2O2/c1-5-16-9-11-17(12-10-16)24-20-18(8-7-13-22-20)19(14-21-6-2)15(3)23-4/h6-14H,2,5H2,1,3-4H3/b19-15-,21-14?. The summed E-state index contributed by atoms with van der Waals surface area (Å²) in [6, 6.07) is 11.8. The van der Waals surface area contributed by atoms with Gasteiger partial charge < -0.3 is 9.47 Å². The Morgan fingerprint density at radius 2 is 2.00 bits per heavy atom. The second-order valence-corrected chi connectivity index (χ2v) is 5.09. The zero-order chi connectivity index (χ0) is 17.4. The normalized spacial score (nSPS) is 12.0. The third-order valence-electron chi connectivity index (χ3n) is 3.60. The van der Waals surface area contributed by atoms with Crippen LogP contribution in [0, 0.1) is 0 Å². The zero-order valence-electron chi connectivity index (χ0n) is 14.3. The van der Waals surface area contributed by atoms with Crippen molar-refractivity contribution in [3.8, 4) is 11.6 Å². The minimum Gasteiger partial charge on any atom is -0.501 e. The van der Waals surface area contributed by atoms with Crippen molar-refractivity contribution in [2.75, 3.05) is 7.11 Å². The summed E-state index contributed by atoms with van der Waals surface area (Å²) >= 11 is 0. The maximum atomic E-state index is 5.98. The molecule has 1 aromatic carbocycles. The molecule has 0 amide bonds. The Labute approximate surface area is 143 Å². The number of aromatic nitrogens is 1. The second-order valence-electron chi connectivity index (χ2n) is 5.09. The summed E-state index contributed by atoms with van der Waals surface area (Å²) in [5, 5.41) is 0. The van der Waals surface area contributed by atoms with Crippen LogP contribution in [0.15, 0.2) is 66.1 Å². The van der Waals surface area contributed by atoms with Gasteiger partial charge in [-0.3, -0.25) is 4.99 Å². The fraction of sp³-hybridized carbons (Fsp3) is 0.200. The van der Waals surface area contributed by atoms with Gasteiger partial charge in [0.1, 0.15) is 11.5 Å². The highest BCUT2D eigenvalue weighted by Gasteiger charge is 2.13. The van der Waals surface area contributed by atoms with E-state index >= 15 is 0 Å². The van der Waals surface area contributed by atoms with Crippen LogP contribution >= 0.6 is 0 Å². The molecule has 4 heteroatoms. The average Bonchev–Trinajstić information content (AvgIpc) is 2.63.